The molecule has 0 amide bonds. The summed E-state index contributed by atoms with van der Waals surface area (Å²) in [7, 11) is 5.44. The molecule has 0 spiro atoms. The average molecular weight is 145 g/mol. The van der Waals surface area contributed by atoms with Crippen LogP contribution >= 0.6 is 0 Å². The van der Waals surface area contributed by atoms with Gasteiger partial charge in [0, 0.05) is 46.2 Å². The van der Waals surface area contributed by atoms with Gasteiger partial charge < -0.3 is 0 Å². The summed E-state index contributed by atoms with van der Waals surface area (Å²) in [6.45, 7) is 0. The summed E-state index contributed by atoms with van der Waals surface area (Å²) >= 11 is 0. The zero-order valence-corrected chi connectivity index (χ0v) is 7.20. The van der Waals surface area contributed by atoms with Crippen molar-refractivity contribution in [1.29, 1.82) is 0 Å². The van der Waals surface area contributed by atoms with Crippen LogP contribution in [0, 0.1) is 0 Å². The van der Waals surface area contributed by atoms with Gasteiger partial charge in [-0.15, -0.1) is 0 Å². The minimum Gasteiger partial charge on any atom is -0.0388 e. The maximum absolute atomic E-state index is 4.64. The standard InChI is InChI=1S/BH3Si.Mn.Ti/c1-2;;/h2H3;;. The molecule has 0 aromatic carbocycles. The van der Waals surface area contributed by atoms with Crippen LogP contribution in [-0.2, 0) is 38.8 Å². The third-order valence-corrected chi connectivity index (χ3v) is 0. The van der Waals surface area contributed by atoms with E-state index < -0.39 is 0 Å². The van der Waals surface area contributed by atoms with Crippen LogP contribution in [-0.4, -0.2) is 17.6 Å². The molecule has 21 valence electrons. The molecule has 0 aromatic rings. The van der Waals surface area contributed by atoms with Crippen molar-refractivity contribution in [3.8, 4) is 0 Å². The van der Waals surface area contributed by atoms with E-state index in [0.717, 1.165) is 10.1 Å². The summed E-state index contributed by atoms with van der Waals surface area (Å²) in [4.78, 5) is 0. The molecule has 0 fully saturated rings. The molecule has 0 bridgehead atoms. The first kappa shape index (κ1) is 17.8. The van der Waals surface area contributed by atoms with Crippen molar-refractivity contribution in [2.75, 3.05) is 0 Å². The molecular weight excluding hydrogens is 142 g/mol. The molecule has 0 aliphatic carbocycles. The molecule has 3 radical (unpaired) electrons. The molecule has 0 saturated heterocycles. The van der Waals surface area contributed by atoms with Gasteiger partial charge in [-0.2, -0.15) is 0 Å². The Morgan fingerprint density at radius 2 is 1.25 bits per heavy atom. The summed E-state index contributed by atoms with van der Waals surface area (Å²) in [6.07, 6.45) is 0. The van der Waals surface area contributed by atoms with Gasteiger partial charge in [0.2, 0.25) is 0 Å². The Balaban J connectivity index is -0.00000000500. The van der Waals surface area contributed by atoms with Gasteiger partial charge in [0.25, 0.3) is 0 Å². The van der Waals surface area contributed by atoms with Crippen LogP contribution in [0.1, 0.15) is 0 Å². The Hall–Kier alpha value is 1.52. The SMILES string of the molecule is [B][SiH3].[Mn].[Ti]. The van der Waals surface area contributed by atoms with Gasteiger partial charge in [0.15, 0.2) is 0 Å². The second-order valence-electron chi connectivity index (χ2n) is 0. The first-order valence-electron chi connectivity index (χ1n) is 0.577. The summed E-state index contributed by atoms with van der Waals surface area (Å²) in [5.41, 5.74) is 0. The van der Waals surface area contributed by atoms with Gasteiger partial charge in [0.05, 0.1) is 0 Å². The van der Waals surface area contributed by atoms with Crippen LogP contribution < -0.4 is 0 Å². The van der Waals surface area contributed by atoms with Gasteiger partial charge in [-0.05, 0) is 10.1 Å². The molecular formula is H3BMnSiTi. The van der Waals surface area contributed by atoms with Crippen molar-refractivity contribution >= 4 is 17.6 Å². The molecule has 0 saturated carbocycles. The molecule has 0 unspecified atom stereocenters. The van der Waals surface area contributed by atoms with Crippen LogP contribution in [0.3, 0.4) is 0 Å². The van der Waals surface area contributed by atoms with Crippen molar-refractivity contribution in [2.24, 2.45) is 0 Å². The summed E-state index contributed by atoms with van der Waals surface area (Å²) in [5, 5.41) is 0. The molecule has 0 aliphatic rings. The minimum atomic E-state index is 0. The van der Waals surface area contributed by atoms with Crippen molar-refractivity contribution in [3.63, 3.8) is 0 Å². The zero-order valence-electron chi connectivity index (χ0n) is 2.46. The van der Waals surface area contributed by atoms with E-state index in [9.17, 15) is 0 Å². The Morgan fingerprint density at radius 3 is 1.25 bits per heavy atom. The molecule has 0 aliphatic heterocycles. The number of hydrogen-bond donors (Lipinski definition) is 0. The van der Waals surface area contributed by atoms with Crippen LogP contribution in [0.15, 0.2) is 0 Å². The predicted molar refractivity (Wildman–Crippen MR) is 15.7 cm³/mol. The van der Waals surface area contributed by atoms with Gasteiger partial charge in [0.1, 0.15) is 0 Å². The fourth-order valence-corrected chi connectivity index (χ4v) is 0. The van der Waals surface area contributed by atoms with Crippen molar-refractivity contribution < 1.29 is 38.8 Å². The Kier molecular flexibility index (Phi) is 108. The fourth-order valence-electron chi connectivity index (χ4n) is 0. The summed E-state index contributed by atoms with van der Waals surface area (Å²) in [5.74, 6) is 0. The third kappa shape index (κ3) is 9.69. The zero-order chi connectivity index (χ0) is 2.00. The van der Waals surface area contributed by atoms with Crippen molar-refractivity contribution in [2.45, 2.75) is 0 Å². The molecule has 4 heteroatoms. The van der Waals surface area contributed by atoms with Crippen LogP contribution in [0.5, 0.6) is 0 Å². The molecule has 0 atom stereocenters. The van der Waals surface area contributed by atoms with Crippen LogP contribution in [0.25, 0.3) is 0 Å². The molecule has 0 aromatic heterocycles. The topological polar surface area (TPSA) is 0 Å². The minimum absolute atomic E-state index is 0. The van der Waals surface area contributed by atoms with E-state index in [0.29, 0.717) is 0 Å². The van der Waals surface area contributed by atoms with E-state index in [-0.39, 0.29) is 38.8 Å². The summed E-state index contributed by atoms with van der Waals surface area (Å²) < 4.78 is 0. The van der Waals surface area contributed by atoms with Gasteiger partial charge in [-0.3, -0.25) is 0 Å². The van der Waals surface area contributed by atoms with Crippen LogP contribution in [0.4, 0.5) is 0 Å². The van der Waals surface area contributed by atoms with E-state index in [4.69, 9.17) is 0 Å². The Morgan fingerprint density at radius 1 is 1.25 bits per heavy atom. The predicted octanol–water partition coefficient (Wildman–Crippen LogP) is -1.57. The third-order valence-electron chi connectivity index (χ3n) is 0. The maximum Gasteiger partial charge on any atom is 0.0434 e. The summed E-state index contributed by atoms with van der Waals surface area (Å²) in [6, 6.07) is 0. The largest absolute Gasteiger partial charge is 0.0434 e. The molecule has 4 heavy (non-hydrogen) atoms. The fraction of sp³-hybridized carbons (Fsp3) is 0. The molecule has 0 nitrogen and oxygen atoms in total. The Labute approximate surface area is 56.2 Å². The normalized spacial score (nSPS) is 2.00. The van der Waals surface area contributed by atoms with Crippen molar-refractivity contribution in [3.05, 3.63) is 0 Å². The Bertz CT molecular complexity index is 8.00. The second-order valence-corrected chi connectivity index (χ2v) is 0. The molecule has 0 rings (SSSR count). The van der Waals surface area contributed by atoms with Gasteiger partial charge >= 0.3 is 0 Å². The number of hydrogen-bond acceptors (Lipinski definition) is 0. The van der Waals surface area contributed by atoms with E-state index in [1.165, 1.54) is 0 Å². The van der Waals surface area contributed by atoms with E-state index in [2.05, 4.69) is 7.44 Å². The first-order chi connectivity index (χ1) is 1.00. The number of rotatable bonds is 0. The maximum atomic E-state index is 4.64. The monoisotopic (exact) mass is 145 g/mol. The molecule has 0 heterocycles. The quantitative estimate of drug-likeness (QED) is 0.361. The van der Waals surface area contributed by atoms with E-state index in [1.54, 1.807) is 0 Å². The smallest absolute Gasteiger partial charge is 0.0388 e. The first-order valence-corrected chi connectivity index (χ1v) is 1.73. The van der Waals surface area contributed by atoms with E-state index in [1.807, 2.05) is 0 Å². The van der Waals surface area contributed by atoms with Crippen molar-refractivity contribution in [1.82, 2.24) is 0 Å². The van der Waals surface area contributed by atoms with Crippen LogP contribution in [0.2, 0.25) is 0 Å². The van der Waals surface area contributed by atoms with Gasteiger partial charge in [-0.1, -0.05) is 0 Å². The van der Waals surface area contributed by atoms with Gasteiger partial charge in [-0.25, -0.2) is 0 Å². The van der Waals surface area contributed by atoms with E-state index >= 15 is 0 Å². The molecule has 0 N–H and O–H groups in total. The second kappa shape index (κ2) is 24.3. The average Bonchev–Trinajstić information content (AvgIpc) is 1.00.